The molecule has 1 aliphatic rings. The van der Waals surface area contributed by atoms with Gasteiger partial charge in [-0.15, -0.1) is 6.58 Å². The smallest absolute Gasteiger partial charge is 0.314 e. The Labute approximate surface area is 165 Å². The van der Waals surface area contributed by atoms with Gasteiger partial charge in [0, 0.05) is 0 Å². The molecule has 1 fully saturated rings. The molecular formula is C24H36O3. The average Bonchev–Trinajstić information content (AvgIpc) is 2.70. The van der Waals surface area contributed by atoms with Crippen molar-refractivity contribution >= 4 is 5.97 Å². The summed E-state index contributed by atoms with van der Waals surface area (Å²) in [7, 11) is 0. The zero-order valence-electron chi connectivity index (χ0n) is 17.0. The number of ether oxygens (including phenoxy) is 2. The molecule has 0 unspecified atom stereocenters. The van der Waals surface area contributed by atoms with Gasteiger partial charge in [-0.25, -0.2) is 0 Å². The van der Waals surface area contributed by atoms with Crippen molar-refractivity contribution in [3.8, 4) is 11.5 Å². The van der Waals surface area contributed by atoms with Crippen LogP contribution in [0.15, 0.2) is 36.9 Å². The molecule has 3 nitrogen and oxygen atoms in total. The highest BCUT2D eigenvalue weighted by Gasteiger charge is 2.27. The van der Waals surface area contributed by atoms with E-state index in [2.05, 4.69) is 13.5 Å². The average molecular weight is 373 g/mol. The zero-order valence-corrected chi connectivity index (χ0v) is 17.0. The minimum absolute atomic E-state index is 0.0632. The van der Waals surface area contributed by atoms with Crippen LogP contribution in [0.4, 0.5) is 0 Å². The largest absolute Gasteiger partial charge is 0.494 e. The van der Waals surface area contributed by atoms with E-state index < -0.39 is 0 Å². The van der Waals surface area contributed by atoms with E-state index in [4.69, 9.17) is 9.47 Å². The van der Waals surface area contributed by atoms with Crippen LogP contribution in [0, 0.1) is 11.8 Å². The Hall–Kier alpha value is -1.77. The van der Waals surface area contributed by atoms with Gasteiger partial charge in [0.05, 0.1) is 12.5 Å². The van der Waals surface area contributed by atoms with Gasteiger partial charge >= 0.3 is 5.97 Å². The van der Waals surface area contributed by atoms with Crippen molar-refractivity contribution in [1.29, 1.82) is 0 Å². The predicted octanol–water partition coefficient (Wildman–Crippen LogP) is 6.71. The summed E-state index contributed by atoms with van der Waals surface area (Å²) in [6.45, 7) is 6.67. The standard InChI is InChI=1S/C24H36O3/c1-3-5-7-9-19-26-22-15-17-23(18-16-22)27-24(25)21-13-11-20(12-14-21)10-8-6-4-2/h3,15-18,20-21H,1,4-14,19H2,2H3. The molecule has 0 aromatic heterocycles. The summed E-state index contributed by atoms with van der Waals surface area (Å²) in [5.74, 6) is 2.24. The lowest BCUT2D eigenvalue weighted by atomic mass is 9.80. The van der Waals surface area contributed by atoms with E-state index in [9.17, 15) is 4.79 Å². The summed E-state index contributed by atoms with van der Waals surface area (Å²) in [6, 6.07) is 7.40. The van der Waals surface area contributed by atoms with Gasteiger partial charge in [-0.3, -0.25) is 4.79 Å². The molecule has 0 bridgehead atoms. The maximum absolute atomic E-state index is 12.4. The monoisotopic (exact) mass is 372 g/mol. The number of carbonyl (C=O) groups excluding carboxylic acids is 1. The number of allylic oxidation sites excluding steroid dienone is 1. The van der Waals surface area contributed by atoms with Crippen molar-refractivity contribution in [3.05, 3.63) is 36.9 Å². The van der Waals surface area contributed by atoms with Crippen LogP contribution in [0.25, 0.3) is 0 Å². The van der Waals surface area contributed by atoms with Crippen molar-refractivity contribution < 1.29 is 14.3 Å². The zero-order chi connectivity index (χ0) is 19.3. The topological polar surface area (TPSA) is 35.5 Å². The van der Waals surface area contributed by atoms with Crippen LogP contribution in [-0.4, -0.2) is 12.6 Å². The van der Waals surface area contributed by atoms with Crippen LogP contribution in [0.1, 0.15) is 77.6 Å². The van der Waals surface area contributed by atoms with E-state index in [1.165, 1.54) is 38.5 Å². The predicted molar refractivity (Wildman–Crippen MR) is 111 cm³/mol. The van der Waals surface area contributed by atoms with Gasteiger partial charge in [-0.2, -0.15) is 0 Å². The molecule has 3 heteroatoms. The van der Waals surface area contributed by atoms with Gasteiger partial charge in [-0.1, -0.05) is 38.7 Å². The Morgan fingerprint density at radius 3 is 2.41 bits per heavy atom. The third-order valence-electron chi connectivity index (χ3n) is 5.51. The molecule has 0 spiro atoms. The maximum Gasteiger partial charge on any atom is 0.314 e. The molecule has 150 valence electrons. The van der Waals surface area contributed by atoms with Crippen LogP contribution >= 0.6 is 0 Å². The molecule has 0 aliphatic heterocycles. The van der Waals surface area contributed by atoms with Crippen molar-refractivity contribution in [2.75, 3.05) is 6.61 Å². The Kier molecular flexibility index (Phi) is 10.0. The molecule has 0 radical (unpaired) electrons. The minimum atomic E-state index is -0.0694. The number of hydrogen-bond donors (Lipinski definition) is 0. The van der Waals surface area contributed by atoms with E-state index in [0.29, 0.717) is 12.4 Å². The molecule has 2 rings (SSSR count). The lowest BCUT2D eigenvalue weighted by Crippen LogP contribution is -2.25. The summed E-state index contributed by atoms with van der Waals surface area (Å²) in [4.78, 5) is 12.4. The normalized spacial score (nSPS) is 19.4. The number of rotatable bonds is 12. The van der Waals surface area contributed by atoms with Crippen molar-refractivity contribution in [2.45, 2.75) is 77.6 Å². The van der Waals surface area contributed by atoms with Crippen molar-refractivity contribution in [1.82, 2.24) is 0 Å². The molecular weight excluding hydrogens is 336 g/mol. The summed E-state index contributed by atoms with van der Waals surface area (Å²) < 4.78 is 11.3. The van der Waals surface area contributed by atoms with E-state index in [1.807, 2.05) is 30.3 Å². The molecule has 0 N–H and O–H groups in total. The van der Waals surface area contributed by atoms with Crippen LogP contribution in [0.2, 0.25) is 0 Å². The molecule has 27 heavy (non-hydrogen) atoms. The lowest BCUT2D eigenvalue weighted by Gasteiger charge is -2.27. The Morgan fingerprint density at radius 2 is 1.74 bits per heavy atom. The fraction of sp³-hybridized carbons (Fsp3) is 0.625. The summed E-state index contributed by atoms with van der Waals surface area (Å²) in [5.41, 5.74) is 0. The Morgan fingerprint density at radius 1 is 1.04 bits per heavy atom. The first-order chi connectivity index (χ1) is 13.2. The van der Waals surface area contributed by atoms with Crippen LogP contribution < -0.4 is 9.47 Å². The molecule has 1 aromatic rings. The molecule has 1 aliphatic carbocycles. The molecule has 0 atom stereocenters. The van der Waals surface area contributed by atoms with Crippen LogP contribution in [0.3, 0.4) is 0 Å². The van der Waals surface area contributed by atoms with E-state index in [-0.39, 0.29) is 11.9 Å². The van der Waals surface area contributed by atoms with Gasteiger partial charge in [0.15, 0.2) is 0 Å². The van der Waals surface area contributed by atoms with E-state index in [0.717, 1.165) is 43.8 Å². The highest BCUT2D eigenvalue weighted by Crippen LogP contribution is 2.33. The third kappa shape index (κ3) is 8.19. The van der Waals surface area contributed by atoms with Gasteiger partial charge < -0.3 is 9.47 Å². The number of unbranched alkanes of at least 4 members (excludes halogenated alkanes) is 4. The second kappa shape index (κ2) is 12.6. The number of carbonyl (C=O) groups is 1. The molecule has 1 saturated carbocycles. The summed E-state index contributed by atoms with van der Waals surface area (Å²) in [6.07, 6.45) is 14.6. The molecule has 0 saturated heterocycles. The van der Waals surface area contributed by atoms with E-state index in [1.54, 1.807) is 0 Å². The first kappa shape index (κ1) is 21.5. The van der Waals surface area contributed by atoms with Crippen molar-refractivity contribution in [3.63, 3.8) is 0 Å². The molecule has 0 heterocycles. The quantitative estimate of drug-likeness (QED) is 0.177. The number of hydrogen-bond acceptors (Lipinski definition) is 3. The third-order valence-corrected chi connectivity index (χ3v) is 5.51. The summed E-state index contributed by atoms with van der Waals surface area (Å²) >= 11 is 0. The minimum Gasteiger partial charge on any atom is -0.494 e. The Balaban J connectivity index is 1.67. The van der Waals surface area contributed by atoms with Crippen LogP contribution in [-0.2, 0) is 4.79 Å². The fourth-order valence-corrected chi connectivity index (χ4v) is 3.75. The maximum atomic E-state index is 12.4. The fourth-order valence-electron chi connectivity index (χ4n) is 3.75. The first-order valence-electron chi connectivity index (χ1n) is 10.8. The molecule has 1 aromatic carbocycles. The highest BCUT2D eigenvalue weighted by atomic mass is 16.5. The number of benzene rings is 1. The second-order valence-corrected chi connectivity index (χ2v) is 7.74. The lowest BCUT2D eigenvalue weighted by molar-refractivity contribution is -0.140. The van der Waals surface area contributed by atoms with Gasteiger partial charge in [0.2, 0.25) is 0 Å². The second-order valence-electron chi connectivity index (χ2n) is 7.74. The Bertz CT molecular complexity index is 541. The van der Waals surface area contributed by atoms with E-state index >= 15 is 0 Å². The van der Waals surface area contributed by atoms with Crippen LogP contribution in [0.5, 0.6) is 11.5 Å². The molecule has 0 amide bonds. The first-order valence-corrected chi connectivity index (χ1v) is 10.8. The van der Waals surface area contributed by atoms with Gasteiger partial charge in [0.25, 0.3) is 0 Å². The summed E-state index contributed by atoms with van der Waals surface area (Å²) in [5, 5.41) is 0. The highest BCUT2D eigenvalue weighted by molar-refractivity contribution is 5.75. The number of esters is 1. The van der Waals surface area contributed by atoms with Crippen molar-refractivity contribution in [2.24, 2.45) is 11.8 Å². The SMILES string of the molecule is C=CCCCCOc1ccc(OC(=O)C2CCC(CCCCC)CC2)cc1. The van der Waals surface area contributed by atoms with Gasteiger partial charge in [-0.05, 0) is 75.1 Å². The van der Waals surface area contributed by atoms with Gasteiger partial charge in [0.1, 0.15) is 11.5 Å².